The molecule has 1 saturated heterocycles. The Labute approximate surface area is 173 Å². The Morgan fingerprint density at radius 1 is 1.07 bits per heavy atom. The van der Waals surface area contributed by atoms with Crippen LogP contribution < -0.4 is 15.2 Å². The van der Waals surface area contributed by atoms with Crippen molar-refractivity contribution >= 4 is 28.3 Å². The molecular weight excluding hydrogens is 406 g/mol. The molecule has 0 spiro atoms. The lowest BCUT2D eigenvalue weighted by Crippen LogP contribution is -2.57. The quantitative estimate of drug-likeness (QED) is 0.695. The summed E-state index contributed by atoms with van der Waals surface area (Å²) in [6.45, 7) is 8.90. The number of hydrogen-bond donors (Lipinski definition) is 1. The predicted molar refractivity (Wildman–Crippen MR) is 110 cm³/mol. The fraction of sp³-hybridized carbons (Fsp3) is 0.611. The number of amides is 1. The SMILES string of the molecule is CCOc1ccc(S(=O)(=O)N2CCN(C(=O)C(C)(C)N)CC2)cc1OCC.Cl. The molecule has 0 atom stereocenters. The van der Waals surface area contributed by atoms with Gasteiger partial charge in [-0.1, -0.05) is 0 Å². The second-order valence-corrected chi connectivity index (χ2v) is 8.83. The molecule has 2 N–H and O–H groups in total. The number of carbonyl (C=O) groups is 1. The van der Waals surface area contributed by atoms with Gasteiger partial charge >= 0.3 is 0 Å². The van der Waals surface area contributed by atoms with Crippen LogP contribution in [0.2, 0.25) is 0 Å². The summed E-state index contributed by atoms with van der Waals surface area (Å²) >= 11 is 0. The lowest BCUT2D eigenvalue weighted by atomic mass is 10.1. The van der Waals surface area contributed by atoms with Crippen LogP contribution in [0.5, 0.6) is 11.5 Å². The third-order valence-corrected chi connectivity index (χ3v) is 6.12. The molecular formula is C18H30ClN3O5S. The van der Waals surface area contributed by atoms with E-state index in [1.165, 1.54) is 16.4 Å². The fourth-order valence-electron chi connectivity index (χ4n) is 2.88. The van der Waals surface area contributed by atoms with Gasteiger partial charge in [-0.3, -0.25) is 4.79 Å². The summed E-state index contributed by atoms with van der Waals surface area (Å²) in [5, 5.41) is 0. The molecule has 0 unspecified atom stereocenters. The molecule has 1 aromatic carbocycles. The van der Waals surface area contributed by atoms with Crippen LogP contribution in [0, 0.1) is 0 Å². The number of sulfonamides is 1. The molecule has 0 radical (unpaired) electrons. The normalized spacial score (nSPS) is 15.7. The van der Waals surface area contributed by atoms with E-state index in [1.807, 2.05) is 13.8 Å². The van der Waals surface area contributed by atoms with Gasteiger partial charge in [0.25, 0.3) is 0 Å². The molecule has 8 nitrogen and oxygen atoms in total. The monoisotopic (exact) mass is 435 g/mol. The Morgan fingerprint density at radius 2 is 1.61 bits per heavy atom. The van der Waals surface area contributed by atoms with Gasteiger partial charge in [-0.25, -0.2) is 8.42 Å². The topological polar surface area (TPSA) is 102 Å². The smallest absolute Gasteiger partial charge is 0.243 e. The van der Waals surface area contributed by atoms with Crippen LogP contribution in [0.4, 0.5) is 0 Å². The molecule has 1 amide bonds. The van der Waals surface area contributed by atoms with Crippen molar-refractivity contribution in [2.45, 2.75) is 38.1 Å². The Morgan fingerprint density at radius 3 is 2.11 bits per heavy atom. The van der Waals surface area contributed by atoms with Crippen molar-refractivity contribution in [3.63, 3.8) is 0 Å². The van der Waals surface area contributed by atoms with Crippen LogP contribution in [-0.4, -0.2) is 68.5 Å². The third-order valence-electron chi connectivity index (χ3n) is 4.23. The van der Waals surface area contributed by atoms with Crippen LogP contribution in [0.15, 0.2) is 23.1 Å². The number of nitrogens with two attached hydrogens (primary N) is 1. The van der Waals surface area contributed by atoms with E-state index in [4.69, 9.17) is 15.2 Å². The molecule has 1 aliphatic heterocycles. The van der Waals surface area contributed by atoms with E-state index in [-0.39, 0.29) is 36.3 Å². The molecule has 1 heterocycles. The van der Waals surface area contributed by atoms with Crippen molar-refractivity contribution in [3.05, 3.63) is 18.2 Å². The number of benzene rings is 1. The van der Waals surface area contributed by atoms with Gasteiger partial charge in [0, 0.05) is 32.2 Å². The molecule has 10 heteroatoms. The molecule has 160 valence electrons. The minimum atomic E-state index is -3.69. The lowest BCUT2D eigenvalue weighted by Gasteiger charge is -2.36. The average Bonchev–Trinajstić information content (AvgIpc) is 2.62. The highest BCUT2D eigenvalue weighted by atomic mass is 35.5. The second-order valence-electron chi connectivity index (χ2n) is 6.89. The highest BCUT2D eigenvalue weighted by Crippen LogP contribution is 2.31. The molecule has 0 bridgehead atoms. The maximum atomic E-state index is 13.0. The number of halogens is 1. The number of piperazine rings is 1. The van der Waals surface area contributed by atoms with Crippen molar-refractivity contribution < 1.29 is 22.7 Å². The number of ether oxygens (including phenoxy) is 2. The van der Waals surface area contributed by atoms with Gasteiger partial charge in [0.15, 0.2) is 11.5 Å². The van der Waals surface area contributed by atoms with Crippen LogP contribution in [0.1, 0.15) is 27.7 Å². The Hall–Kier alpha value is -1.55. The fourth-order valence-corrected chi connectivity index (χ4v) is 4.32. The van der Waals surface area contributed by atoms with E-state index >= 15 is 0 Å². The number of carbonyl (C=O) groups excluding carboxylic acids is 1. The highest BCUT2D eigenvalue weighted by molar-refractivity contribution is 7.89. The van der Waals surface area contributed by atoms with Crippen molar-refractivity contribution in [3.8, 4) is 11.5 Å². The molecule has 28 heavy (non-hydrogen) atoms. The van der Waals surface area contributed by atoms with E-state index < -0.39 is 15.6 Å². The predicted octanol–water partition coefficient (Wildman–Crippen LogP) is 1.48. The second kappa shape index (κ2) is 9.78. The minimum absolute atomic E-state index is 0. The van der Waals surface area contributed by atoms with Crippen LogP contribution in [0.25, 0.3) is 0 Å². The third kappa shape index (κ3) is 5.50. The zero-order valence-corrected chi connectivity index (χ0v) is 18.4. The van der Waals surface area contributed by atoms with Crippen molar-refractivity contribution in [1.82, 2.24) is 9.21 Å². The maximum absolute atomic E-state index is 13.0. The van der Waals surface area contributed by atoms with Crippen LogP contribution in [0.3, 0.4) is 0 Å². The first-order chi connectivity index (χ1) is 12.6. The van der Waals surface area contributed by atoms with Crippen LogP contribution in [-0.2, 0) is 14.8 Å². The van der Waals surface area contributed by atoms with E-state index in [0.717, 1.165) is 0 Å². The first-order valence-electron chi connectivity index (χ1n) is 9.09. The highest BCUT2D eigenvalue weighted by Gasteiger charge is 2.34. The van der Waals surface area contributed by atoms with E-state index in [0.29, 0.717) is 37.8 Å². The zero-order valence-electron chi connectivity index (χ0n) is 16.8. The molecule has 1 aliphatic rings. The van der Waals surface area contributed by atoms with Gasteiger partial charge < -0.3 is 20.1 Å². The summed E-state index contributed by atoms with van der Waals surface area (Å²) in [4.78, 5) is 14.0. The summed E-state index contributed by atoms with van der Waals surface area (Å²) < 4.78 is 38.4. The van der Waals surface area contributed by atoms with E-state index in [9.17, 15) is 13.2 Å². The Balaban J connectivity index is 0.00000392. The molecule has 1 aromatic rings. The first-order valence-corrected chi connectivity index (χ1v) is 10.5. The molecule has 0 aromatic heterocycles. The van der Waals surface area contributed by atoms with Crippen molar-refractivity contribution in [2.75, 3.05) is 39.4 Å². The van der Waals surface area contributed by atoms with Gasteiger partial charge in [-0.15, -0.1) is 12.4 Å². The maximum Gasteiger partial charge on any atom is 0.243 e. The summed E-state index contributed by atoms with van der Waals surface area (Å²) in [6, 6.07) is 4.62. The summed E-state index contributed by atoms with van der Waals surface area (Å²) in [6.07, 6.45) is 0. The van der Waals surface area contributed by atoms with Gasteiger partial charge in [-0.05, 0) is 39.8 Å². The average molecular weight is 436 g/mol. The number of hydrogen-bond acceptors (Lipinski definition) is 6. The molecule has 2 rings (SSSR count). The van der Waals surface area contributed by atoms with Crippen LogP contribution >= 0.6 is 12.4 Å². The number of rotatable bonds is 7. The van der Waals surface area contributed by atoms with Gasteiger partial charge in [0.1, 0.15) is 0 Å². The summed E-state index contributed by atoms with van der Waals surface area (Å²) in [7, 11) is -3.69. The molecule has 0 saturated carbocycles. The Bertz CT molecular complexity index is 772. The minimum Gasteiger partial charge on any atom is -0.490 e. The van der Waals surface area contributed by atoms with Crippen molar-refractivity contribution in [2.24, 2.45) is 5.73 Å². The number of nitrogens with zero attached hydrogens (tertiary/aromatic N) is 2. The largest absolute Gasteiger partial charge is 0.490 e. The van der Waals surface area contributed by atoms with E-state index in [2.05, 4.69) is 0 Å². The van der Waals surface area contributed by atoms with Gasteiger partial charge in [0.2, 0.25) is 15.9 Å². The lowest BCUT2D eigenvalue weighted by molar-refractivity contribution is -0.137. The molecule has 1 fully saturated rings. The molecule has 0 aliphatic carbocycles. The Kier molecular flexibility index (Phi) is 8.55. The van der Waals surface area contributed by atoms with Gasteiger partial charge in [0.05, 0.1) is 23.6 Å². The summed E-state index contributed by atoms with van der Waals surface area (Å²) in [5.41, 5.74) is 4.89. The first kappa shape index (κ1) is 24.5. The van der Waals surface area contributed by atoms with Gasteiger partial charge in [-0.2, -0.15) is 4.31 Å². The van der Waals surface area contributed by atoms with Crippen molar-refractivity contribution in [1.29, 1.82) is 0 Å². The standard InChI is InChI=1S/C18H29N3O5S.ClH/c1-5-25-15-8-7-14(13-16(15)26-6-2)27(23,24)21-11-9-20(10-12-21)17(22)18(3,4)19;/h7-8,13H,5-6,9-12,19H2,1-4H3;1H. The van der Waals surface area contributed by atoms with E-state index in [1.54, 1.807) is 24.8 Å². The zero-order chi connectivity index (χ0) is 20.2. The summed E-state index contributed by atoms with van der Waals surface area (Å²) in [5.74, 6) is 0.734.